The molecule has 0 bridgehead atoms. The quantitative estimate of drug-likeness (QED) is 0.139. The van der Waals surface area contributed by atoms with E-state index in [1.165, 1.54) is 23.6 Å². The molecule has 6 saturated heterocycles. The van der Waals surface area contributed by atoms with Gasteiger partial charge in [0.1, 0.15) is 84.0 Å². The Kier molecular flexibility index (Phi) is 25.8. The number of cyclic esters (lactones) is 2. The Morgan fingerprint density at radius 3 is 1.06 bits per heavy atom. The minimum absolute atomic E-state index is 0.0267. The van der Waals surface area contributed by atoms with Gasteiger partial charge in [-0.1, -0.05) is 118 Å². The lowest BCUT2D eigenvalue weighted by molar-refractivity contribution is -0.170. The molecule has 0 spiro atoms. The Hall–Kier alpha value is -8.56. The molecular formula is C76H112N12O20. The normalized spacial score (nSPS) is 33.1. The minimum Gasteiger partial charge on any atom is -0.450 e. The molecule has 108 heavy (non-hydrogen) atoms. The molecule has 0 radical (unpaired) electrons. The minimum atomic E-state index is -1.78. The van der Waals surface area contributed by atoms with E-state index in [4.69, 9.17) is 9.47 Å². The summed E-state index contributed by atoms with van der Waals surface area (Å²) in [5, 5.41) is 90.1. The molecule has 20 atom stereocenters. The van der Waals surface area contributed by atoms with Crippen LogP contribution in [0, 0.1) is 49.4 Å². The van der Waals surface area contributed by atoms with E-state index in [0.29, 0.717) is 22.5 Å². The van der Waals surface area contributed by atoms with Gasteiger partial charge in [0.05, 0.1) is 24.4 Å². The fraction of sp³-hybridized carbons (Fsp3) is 0.684. The predicted molar refractivity (Wildman–Crippen MR) is 390 cm³/mol. The van der Waals surface area contributed by atoms with E-state index in [2.05, 4.69) is 42.5 Å². The number of carbonyl (C=O) groups excluding carboxylic acids is 12. The number of rotatable bonds is 10. The summed E-state index contributed by atoms with van der Waals surface area (Å²) in [4.78, 5) is 175. The van der Waals surface area contributed by atoms with E-state index in [1.807, 2.05) is 53.7 Å². The average molecular weight is 1510 g/mol. The molecule has 2 aromatic carbocycles. The molecule has 596 valence electrons. The third-order valence-electron chi connectivity index (χ3n) is 21.8. The zero-order chi connectivity index (χ0) is 79.9. The van der Waals surface area contributed by atoms with Gasteiger partial charge in [-0.25, -0.2) is 9.59 Å². The van der Waals surface area contributed by atoms with Crippen LogP contribution < -0.4 is 42.5 Å². The molecule has 0 saturated carbocycles. The van der Waals surface area contributed by atoms with Crippen LogP contribution in [-0.4, -0.2) is 244 Å². The van der Waals surface area contributed by atoms with Crippen LogP contribution in [0.4, 0.5) is 11.4 Å². The number of hydrogen-bond acceptors (Lipinski definition) is 22. The number of hydrogen-bond donors (Lipinski definition) is 14. The number of ether oxygens (including phenoxy) is 2. The highest BCUT2D eigenvalue weighted by molar-refractivity contribution is 6.01. The van der Waals surface area contributed by atoms with Crippen molar-refractivity contribution in [2.45, 2.75) is 283 Å². The van der Waals surface area contributed by atoms with Crippen molar-refractivity contribution in [1.82, 2.24) is 51.5 Å². The maximum absolute atomic E-state index is 14.7. The fourth-order valence-electron chi connectivity index (χ4n) is 15.9. The summed E-state index contributed by atoms with van der Waals surface area (Å²) in [7, 11) is 0. The lowest BCUT2D eigenvalue weighted by Crippen LogP contribution is -2.64. The maximum Gasteiger partial charge on any atom is 0.329 e. The molecule has 2 aromatic rings. The summed E-state index contributed by atoms with van der Waals surface area (Å²) in [5.74, 6) is -12.1. The molecule has 10 rings (SSSR count). The third kappa shape index (κ3) is 17.2. The highest BCUT2D eigenvalue weighted by atomic mass is 16.6. The van der Waals surface area contributed by atoms with Gasteiger partial charge in [0.25, 0.3) is 11.8 Å². The van der Waals surface area contributed by atoms with Crippen LogP contribution in [0.3, 0.4) is 0 Å². The maximum atomic E-state index is 14.7. The Labute approximate surface area is 629 Å². The first kappa shape index (κ1) is 83.5. The molecule has 10 amide bonds. The number of nitrogens with one attached hydrogen (secondary N) is 8. The Morgan fingerprint density at radius 2 is 0.750 bits per heavy atom. The van der Waals surface area contributed by atoms with Gasteiger partial charge in [-0.2, -0.15) is 0 Å². The summed E-state index contributed by atoms with van der Waals surface area (Å²) in [6, 6.07) is -2.93. The van der Waals surface area contributed by atoms with Gasteiger partial charge in [0.2, 0.25) is 47.3 Å². The Morgan fingerprint density at radius 1 is 0.426 bits per heavy atom. The number of benzene rings is 2. The van der Waals surface area contributed by atoms with Crippen molar-refractivity contribution in [3.8, 4) is 0 Å². The second kappa shape index (κ2) is 33.3. The van der Waals surface area contributed by atoms with Crippen LogP contribution in [-0.2, 0) is 78.2 Å². The van der Waals surface area contributed by atoms with Gasteiger partial charge in [-0.05, 0) is 101 Å². The molecule has 32 heteroatoms. The second-order valence-electron chi connectivity index (χ2n) is 32.9. The van der Waals surface area contributed by atoms with Crippen molar-refractivity contribution in [2.24, 2.45) is 35.5 Å². The molecular weight excluding hydrogens is 1400 g/mol. The zero-order valence-corrected chi connectivity index (χ0v) is 64.6. The zero-order valence-electron chi connectivity index (χ0n) is 64.6. The van der Waals surface area contributed by atoms with Crippen molar-refractivity contribution >= 4 is 82.4 Å². The third-order valence-corrected chi connectivity index (χ3v) is 21.8. The van der Waals surface area contributed by atoms with E-state index in [1.54, 1.807) is 79.7 Å². The first-order valence-electron chi connectivity index (χ1n) is 37.9. The largest absolute Gasteiger partial charge is 0.450 e. The number of piperidine rings is 2. The van der Waals surface area contributed by atoms with Crippen molar-refractivity contribution in [3.05, 3.63) is 58.7 Å². The first-order chi connectivity index (χ1) is 50.5. The molecule has 32 nitrogen and oxygen atoms in total. The smallest absolute Gasteiger partial charge is 0.329 e. The van der Waals surface area contributed by atoms with Crippen molar-refractivity contribution in [2.75, 3.05) is 23.7 Å². The number of fused-ring (bicyclic) bond motifs is 12. The number of aryl methyl sites for hydroxylation is 2. The number of nitrogens with zero attached hydrogens (tertiary/aromatic N) is 4. The van der Waals surface area contributed by atoms with Gasteiger partial charge >= 0.3 is 11.9 Å². The number of aliphatic hydroxyl groups excluding tert-OH is 4. The second-order valence-corrected chi connectivity index (χ2v) is 32.9. The van der Waals surface area contributed by atoms with Crippen LogP contribution >= 0.6 is 0 Å². The van der Waals surface area contributed by atoms with Gasteiger partial charge in [0, 0.05) is 61.3 Å². The molecule has 14 N–H and O–H groups in total. The van der Waals surface area contributed by atoms with Crippen LogP contribution in [0.1, 0.15) is 171 Å². The van der Waals surface area contributed by atoms with Crippen molar-refractivity contribution < 1.29 is 97.6 Å². The van der Waals surface area contributed by atoms with Crippen molar-refractivity contribution in [3.63, 3.8) is 0 Å². The van der Waals surface area contributed by atoms with Gasteiger partial charge in [-0.15, -0.1) is 0 Å². The number of aliphatic hydroxyl groups is 6. The summed E-state index contributed by atoms with van der Waals surface area (Å²) < 4.78 is 11.7. The predicted octanol–water partition coefficient (Wildman–Crippen LogP) is 0.0114. The first-order valence-corrected chi connectivity index (χ1v) is 37.9. The van der Waals surface area contributed by atoms with E-state index >= 15 is 0 Å². The van der Waals surface area contributed by atoms with E-state index in [0.717, 1.165) is 20.9 Å². The highest BCUT2D eigenvalue weighted by Crippen LogP contribution is 2.52. The molecule has 8 heterocycles. The van der Waals surface area contributed by atoms with Crippen LogP contribution in [0.15, 0.2) is 36.4 Å². The molecule has 8 aliphatic heterocycles. The average Bonchev–Trinajstić information content (AvgIpc) is 1.56. The molecule has 8 aliphatic rings. The van der Waals surface area contributed by atoms with E-state index < -0.39 is 215 Å². The standard InChI is InChI=1S/2C38H56N6O10/c2*1-17(2)13-25-31(47)42-29(21(8)45)34(50)44-27(16-38(53)23-14-20(7)9-10-24(23)40-37(38)44)33(49)41-28(18(3)4)36(52)54-30(19(5)6)35(51)43-12-11-22(46)15-26(43)32(48)39-25/h2*9-10,14,17-19,21-22,25-30,37,40,45-46,53H,11-13,15-16H2,1-8H3,(H,39,48)(H,41,49)(H,42,47)/t2*21-,22-,25-,26+,27-,28+,29+,30-,37-,38+/m10/s1. The Bertz CT molecular complexity index is 3540. The number of esters is 2. The van der Waals surface area contributed by atoms with E-state index in [9.17, 15) is 88.2 Å². The number of amides is 10. The molecule has 0 aromatic heterocycles. The lowest BCUT2D eigenvalue weighted by atomic mass is 9.90. The van der Waals surface area contributed by atoms with Gasteiger partial charge in [0.15, 0.2) is 12.2 Å². The highest BCUT2D eigenvalue weighted by Gasteiger charge is 2.64. The molecule has 0 aliphatic carbocycles. The Balaban J connectivity index is 0.000000249. The van der Waals surface area contributed by atoms with Crippen LogP contribution in [0.25, 0.3) is 0 Å². The van der Waals surface area contributed by atoms with Crippen molar-refractivity contribution in [1.29, 1.82) is 0 Å². The fourth-order valence-corrected chi connectivity index (χ4v) is 15.9. The van der Waals surface area contributed by atoms with E-state index in [-0.39, 0.29) is 76.3 Å². The summed E-state index contributed by atoms with van der Waals surface area (Å²) in [6.07, 6.45) is -10.3. The molecule has 0 unspecified atom stereocenters. The van der Waals surface area contributed by atoms with Gasteiger partial charge < -0.3 is 102 Å². The summed E-state index contributed by atoms with van der Waals surface area (Å²) in [6.45, 7) is 26.9. The van der Waals surface area contributed by atoms with Gasteiger partial charge in [-0.3, -0.25) is 47.9 Å². The van der Waals surface area contributed by atoms with Crippen LogP contribution in [0.2, 0.25) is 0 Å². The van der Waals surface area contributed by atoms with Crippen LogP contribution in [0.5, 0.6) is 0 Å². The summed E-state index contributed by atoms with van der Waals surface area (Å²) >= 11 is 0. The summed E-state index contributed by atoms with van der Waals surface area (Å²) in [5.41, 5.74) is 0.0601. The number of carbonyl (C=O) groups is 12. The topological polar surface area (TPSA) is 454 Å². The number of anilines is 2. The lowest BCUT2D eigenvalue weighted by Gasteiger charge is -2.40. The SMILES string of the molecule is Cc1ccc2c(c1)[C@@]1(O)C[C@@H]3C(=O)N[C@@H](C(C)C)C(=O)O[C@H](C(C)C)C(=O)N4CC[C@@H](O)C[C@H]4C(=O)N[C@H](CC(C)C)C(=O)N[C@@H]([C@@H](C)O)C(=O)N3[C@H]1N2.Cc1ccc2c(c1)[C@]1(O)C[C@H]3C(=O)N[C@H](C(C)C)C(=O)O[C@@H](C(C)C)C(=O)N4CC[C@H](O)C[C@@H]4C(=O)N[C@@H](CC(C)C)C(=O)N[C@H]([C@H](C)O)C(=O)N3[C@@H]1N2. The molecule has 6 fully saturated rings. The monoisotopic (exact) mass is 1510 g/mol.